The Morgan fingerprint density at radius 1 is 0.963 bits per heavy atom. The highest BCUT2D eigenvalue weighted by Crippen LogP contribution is 2.36. The van der Waals surface area contributed by atoms with Crippen LogP contribution in [0.1, 0.15) is 5.56 Å². The van der Waals surface area contributed by atoms with Gasteiger partial charge < -0.3 is 0 Å². The lowest BCUT2D eigenvalue weighted by atomic mass is 10.1. The zero-order chi connectivity index (χ0) is 18.8. The van der Waals surface area contributed by atoms with Crippen molar-refractivity contribution in [2.45, 2.75) is 0 Å². The maximum Gasteiger partial charge on any atom is 0.159 e. The molecule has 0 aliphatic rings. The van der Waals surface area contributed by atoms with Crippen LogP contribution in [0.2, 0.25) is 15.1 Å². The predicted molar refractivity (Wildman–Crippen MR) is 116 cm³/mol. The molecule has 0 amide bonds. The van der Waals surface area contributed by atoms with Gasteiger partial charge in [-0.2, -0.15) is 5.10 Å². The molecule has 0 saturated heterocycles. The van der Waals surface area contributed by atoms with Crippen molar-refractivity contribution in [2.75, 3.05) is 5.43 Å². The molecular formula is C19H11Cl3N4S. The van der Waals surface area contributed by atoms with Crippen LogP contribution < -0.4 is 5.43 Å². The number of anilines is 1. The Bertz CT molecular complexity index is 1120. The van der Waals surface area contributed by atoms with Gasteiger partial charge in [-0.1, -0.05) is 53.0 Å². The van der Waals surface area contributed by atoms with E-state index >= 15 is 0 Å². The molecule has 2 aromatic carbocycles. The summed E-state index contributed by atoms with van der Waals surface area (Å²) < 4.78 is 0. The maximum atomic E-state index is 6.17. The van der Waals surface area contributed by atoms with Gasteiger partial charge in [0.2, 0.25) is 0 Å². The molecule has 134 valence electrons. The smallest absolute Gasteiger partial charge is 0.159 e. The van der Waals surface area contributed by atoms with Crippen molar-refractivity contribution in [3.05, 3.63) is 74.8 Å². The minimum atomic E-state index is 0.526. The van der Waals surface area contributed by atoms with Crippen molar-refractivity contribution in [3.8, 4) is 11.1 Å². The number of aromatic nitrogens is 2. The van der Waals surface area contributed by atoms with Crippen LogP contribution in [0.3, 0.4) is 0 Å². The van der Waals surface area contributed by atoms with Crippen molar-refractivity contribution in [3.63, 3.8) is 0 Å². The van der Waals surface area contributed by atoms with Crippen molar-refractivity contribution in [1.29, 1.82) is 0 Å². The molecule has 0 aliphatic heterocycles. The van der Waals surface area contributed by atoms with Crippen LogP contribution in [0, 0.1) is 0 Å². The number of nitrogens with one attached hydrogen (secondary N) is 1. The first-order chi connectivity index (χ1) is 13.1. The molecule has 4 aromatic rings. The van der Waals surface area contributed by atoms with Crippen molar-refractivity contribution < 1.29 is 0 Å². The molecule has 0 fully saturated rings. The molecule has 8 heteroatoms. The first kappa shape index (κ1) is 18.2. The Hall–Kier alpha value is -2.18. The summed E-state index contributed by atoms with van der Waals surface area (Å²) >= 11 is 19.9. The van der Waals surface area contributed by atoms with E-state index in [4.69, 9.17) is 34.8 Å². The minimum Gasteiger partial charge on any atom is -0.261 e. The first-order valence-electron chi connectivity index (χ1n) is 7.84. The summed E-state index contributed by atoms with van der Waals surface area (Å²) in [6.07, 6.45) is 3.08. The summed E-state index contributed by atoms with van der Waals surface area (Å²) in [6.45, 7) is 0. The van der Waals surface area contributed by atoms with Crippen LogP contribution in [0.4, 0.5) is 5.82 Å². The molecule has 4 nitrogen and oxygen atoms in total. The number of halogens is 3. The van der Waals surface area contributed by atoms with Gasteiger partial charge in [0.15, 0.2) is 5.82 Å². The highest BCUT2D eigenvalue weighted by Gasteiger charge is 2.13. The molecule has 0 spiro atoms. The summed E-state index contributed by atoms with van der Waals surface area (Å²) in [5.41, 5.74) is 5.66. The Labute approximate surface area is 174 Å². The first-order valence-corrected chi connectivity index (χ1v) is 9.86. The summed E-state index contributed by atoms with van der Waals surface area (Å²) in [7, 11) is 0. The molecule has 2 aromatic heterocycles. The molecule has 0 radical (unpaired) electrons. The van der Waals surface area contributed by atoms with Crippen molar-refractivity contribution in [1.82, 2.24) is 9.97 Å². The molecule has 0 atom stereocenters. The molecular weight excluding hydrogens is 423 g/mol. The standard InChI is InChI=1S/C19H11Cl3N4S/c20-12-6-4-11(5-7-12)14-9-27-19-17(14)18(23-10-24-19)26-25-8-13-15(21)2-1-3-16(13)22/h1-10H,(H,23,24,26)/b25-8-. The average Bonchev–Trinajstić information content (AvgIpc) is 3.10. The third-order valence-electron chi connectivity index (χ3n) is 3.89. The highest BCUT2D eigenvalue weighted by molar-refractivity contribution is 7.17. The zero-order valence-corrected chi connectivity index (χ0v) is 16.7. The molecule has 27 heavy (non-hydrogen) atoms. The molecule has 0 aliphatic carbocycles. The second-order valence-electron chi connectivity index (χ2n) is 5.56. The van der Waals surface area contributed by atoms with E-state index in [0.29, 0.717) is 26.4 Å². The zero-order valence-electron chi connectivity index (χ0n) is 13.7. The fourth-order valence-corrected chi connectivity index (χ4v) is 4.13. The summed E-state index contributed by atoms with van der Waals surface area (Å²) in [6, 6.07) is 12.9. The van der Waals surface area contributed by atoms with Crippen LogP contribution >= 0.6 is 46.1 Å². The van der Waals surface area contributed by atoms with Gasteiger partial charge >= 0.3 is 0 Å². The van der Waals surface area contributed by atoms with E-state index in [9.17, 15) is 0 Å². The summed E-state index contributed by atoms with van der Waals surface area (Å²) in [5, 5.41) is 8.94. The number of benzene rings is 2. The van der Waals surface area contributed by atoms with Gasteiger partial charge in [-0.25, -0.2) is 9.97 Å². The van der Waals surface area contributed by atoms with Crippen LogP contribution in [-0.2, 0) is 0 Å². The van der Waals surface area contributed by atoms with Crippen LogP contribution in [-0.4, -0.2) is 16.2 Å². The Kier molecular flexibility index (Phi) is 5.27. The second kappa shape index (κ2) is 7.82. The fourth-order valence-electron chi connectivity index (χ4n) is 2.59. The van der Waals surface area contributed by atoms with Gasteiger partial charge in [0, 0.05) is 21.5 Å². The number of rotatable bonds is 4. The van der Waals surface area contributed by atoms with Crippen LogP contribution in [0.15, 0.2) is 59.3 Å². The van der Waals surface area contributed by atoms with Crippen LogP contribution in [0.5, 0.6) is 0 Å². The topological polar surface area (TPSA) is 50.2 Å². The number of hydrogen-bond acceptors (Lipinski definition) is 5. The SMILES string of the molecule is Clc1ccc(-c2csc3ncnc(N/N=C\c4c(Cl)cccc4Cl)c23)cc1. The number of hydrogen-bond donors (Lipinski definition) is 1. The van der Waals surface area contributed by atoms with Crippen molar-refractivity contribution >= 4 is 68.4 Å². The summed E-state index contributed by atoms with van der Waals surface area (Å²) in [5.74, 6) is 0.602. The fraction of sp³-hybridized carbons (Fsp3) is 0. The van der Waals surface area contributed by atoms with E-state index < -0.39 is 0 Å². The Morgan fingerprint density at radius 2 is 1.70 bits per heavy atom. The van der Waals surface area contributed by atoms with Crippen molar-refractivity contribution in [2.24, 2.45) is 5.10 Å². The molecule has 1 N–H and O–H groups in total. The largest absolute Gasteiger partial charge is 0.261 e. The maximum absolute atomic E-state index is 6.17. The van der Waals surface area contributed by atoms with E-state index in [-0.39, 0.29) is 0 Å². The quantitative estimate of drug-likeness (QED) is 0.285. The normalized spacial score (nSPS) is 11.4. The third-order valence-corrected chi connectivity index (χ3v) is 5.69. The van der Waals surface area contributed by atoms with E-state index in [1.54, 1.807) is 35.8 Å². The van der Waals surface area contributed by atoms with Gasteiger partial charge in [0.05, 0.1) is 21.6 Å². The molecule has 4 rings (SSSR count). The lowest BCUT2D eigenvalue weighted by Crippen LogP contribution is -1.96. The van der Waals surface area contributed by atoms with E-state index in [1.165, 1.54) is 6.33 Å². The van der Waals surface area contributed by atoms with Gasteiger partial charge in [-0.05, 0) is 29.8 Å². The monoisotopic (exact) mass is 432 g/mol. The molecule has 0 saturated carbocycles. The van der Waals surface area contributed by atoms with Crippen LogP contribution in [0.25, 0.3) is 21.3 Å². The van der Waals surface area contributed by atoms with Gasteiger partial charge in [-0.3, -0.25) is 5.43 Å². The van der Waals surface area contributed by atoms with E-state index in [1.807, 2.05) is 29.6 Å². The number of fused-ring (bicyclic) bond motifs is 1. The number of hydrazone groups is 1. The van der Waals surface area contributed by atoms with Gasteiger partial charge in [-0.15, -0.1) is 11.3 Å². The molecule has 0 unspecified atom stereocenters. The summed E-state index contributed by atoms with van der Waals surface area (Å²) in [4.78, 5) is 9.55. The number of nitrogens with zero attached hydrogens (tertiary/aromatic N) is 3. The molecule has 2 heterocycles. The molecule has 0 bridgehead atoms. The third kappa shape index (κ3) is 3.77. The minimum absolute atomic E-state index is 0.526. The van der Waals surface area contributed by atoms with E-state index in [0.717, 1.165) is 21.3 Å². The average molecular weight is 434 g/mol. The second-order valence-corrected chi connectivity index (χ2v) is 7.67. The Balaban J connectivity index is 1.71. The lowest BCUT2D eigenvalue weighted by molar-refractivity contribution is 1.19. The van der Waals surface area contributed by atoms with Gasteiger partial charge in [0.25, 0.3) is 0 Å². The van der Waals surface area contributed by atoms with E-state index in [2.05, 4.69) is 20.5 Å². The lowest BCUT2D eigenvalue weighted by Gasteiger charge is -2.05. The highest BCUT2D eigenvalue weighted by atomic mass is 35.5. The van der Waals surface area contributed by atoms with Gasteiger partial charge in [0.1, 0.15) is 11.2 Å². The number of thiophene rings is 1. The predicted octanol–water partition coefficient (Wildman–Crippen LogP) is 6.76. The Morgan fingerprint density at radius 3 is 2.44 bits per heavy atom.